The molecular weight excluding hydrogens is 128 g/mol. The van der Waals surface area contributed by atoms with E-state index >= 15 is 0 Å². The zero-order chi connectivity index (χ0) is 7.40. The van der Waals surface area contributed by atoms with Gasteiger partial charge < -0.3 is 9.47 Å². The highest BCUT2D eigenvalue weighted by molar-refractivity contribution is 5.36. The molecule has 0 aliphatic carbocycles. The van der Waals surface area contributed by atoms with Crippen LogP contribution in [0, 0.1) is 12.1 Å². The van der Waals surface area contributed by atoms with Gasteiger partial charge in [0.05, 0.1) is 14.2 Å². The number of benzene rings is 1. The quantitative estimate of drug-likeness (QED) is 0.610. The molecule has 1 aromatic rings. The Hall–Kier alpha value is -1.18. The Labute approximate surface area is 60.4 Å². The maximum absolute atomic E-state index is 4.92. The molecule has 10 heavy (non-hydrogen) atoms. The Balaban J connectivity index is 2.96. The summed E-state index contributed by atoms with van der Waals surface area (Å²) in [6.07, 6.45) is 0. The molecular formula is C8H8O2. The zero-order valence-electron chi connectivity index (χ0n) is 5.97. The molecule has 0 heterocycles. The van der Waals surface area contributed by atoms with Crippen molar-refractivity contribution in [1.82, 2.24) is 0 Å². The van der Waals surface area contributed by atoms with E-state index < -0.39 is 0 Å². The molecule has 0 saturated carbocycles. The van der Waals surface area contributed by atoms with Gasteiger partial charge in [0, 0.05) is 12.1 Å². The Kier molecular flexibility index (Phi) is 2.15. The minimum Gasteiger partial charge on any atom is -0.492 e. The molecule has 0 spiro atoms. The predicted octanol–water partition coefficient (Wildman–Crippen LogP) is 1.30. The number of methoxy groups -OCH3 is 2. The van der Waals surface area contributed by atoms with Crippen LogP contribution in [0.25, 0.3) is 0 Å². The zero-order valence-corrected chi connectivity index (χ0v) is 5.97. The molecule has 0 aliphatic heterocycles. The van der Waals surface area contributed by atoms with Gasteiger partial charge in [-0.2, -0.15) is 0 Å². The Morgan fingerprint density at radius 3 is 1.70 bits per heavy atom. The topological polar surface area (TPSA) is 18.5 Å². The minimum atomic E-state index is 0.588. The van der Waals surface area contributed by atoms with Crippen LogP contribution in [0.5, 0.6) is 11.5 Å². The van der Waals surface area contributed by atoms with Crippen molar-refractivity contribution < 1.29 is 9.47 Å². The van der Waals surface area contributed by atoms with Crippen LogP contribution in [0.1, 0.15) is 0 Å². The van der Waals surface area contributed by atoms with Gasteiger partial charge in [-0.05, 0) is 12.1 Å². The molecule has 0 fully saturated rings. The van der Waals surface area contributed by atoms with Crippen LogP contribution in [0.2, 0.25) is 0 Å². The summed E-state index contributed by atoms with van der Waals surface area (Å²) in [5.41, 5.74) is 0. The van der Waals surface area contributed by atoms with Crippen molar-refractivity contribution in [1.29, 1.82) is 0 Å². The lowest BCUT2D eigenvalue weighted by molar-refractivity contribution is 0.353. The number of hydrogen-bond donors (Lipinski definition) is 0. The number of rotatable bonds is 2. The van der Waals surface area contributed by atoms with Gasteiger partial charge in [-0.25, -0.2) is 0 Å². The van der Waals surface area contributed by atoms with E-state index in [1.165, 1.54) is 0 Å². The van der Waals surface area contributed by atoms with Crippen LogP contribution >= 0.6 is 0 Å². The predicted molar refractivity (Wildman–Crippen MR) is 37.2 cm³/mol. The lowest BCUT2D eigenvalue weighted by Crippen LogP contribution is -1.89. The van der Waals surface area contributed by atoms with Crippen molar-refractivity contribution >= 4 is 0 Å². The van der Waals surface area contributed by atoms with Crippen LogP contribution < -0.4 is 9.47 Å². The third-order valence-corrected chi connectivity index (χ3v) is 1.13. The van der Waals surface area contributed by atoms with Crippen LogP contribution in [0.4, 0.5) is 0 Å². The maximum atomic E-state index is 4.92. The van der Waals surface area contributed by atoms with E-state index in [2.05, 4.69) is 12.1 Å². The van der Waals surface area contributed by atoms with Crippen LogP contribution in [0.15, 0.2) is 12.1 Å². The standard InChI is InChI=1S/C8H8O2/c1-9-7-5-3-4-6-8(7)10-2/h3-4H,1-2H3. The van der Waals surface area contributed by atoms with Crippen LogP contribution in [0.3, 0.4) is 0 Å². The average Bonchev–Trinajstić information content (AvgIpc) is 2.04. The summed E-state index contributed by atoms with van der Waals surface area (Å²) in [5, 5.41) is 0. The molecule has 2 heteroatoms. The van der Waals surface area contributed by atoms with Gasteiger partial charge >= 0.3 is 0 Å². The second-order valence-electron chi connectivity index (χ2n) is 1.69. The van der Waals surface area contributed by atoms with Crippen molar-refractivity contribution in [2.45, 2.75) is 0 Å². The molecule has 0 bridgehead atoms. The number of hydrogen-bond acceptors (Lipinski definition) is 2. The molecule has 1 aromatic carbocycles. The van der Waals surface area contributed by atoms with E-state index in [4.69, 9.17) is 9.47 Å². The maximum Gasteiger partial charge on any atom is 0.169 e. The van der Waals surface area contributed by atoms with Gasteiger partial charge in [0.25, 0.3) is 0 Å². The summed E-state index contributed by atoms with van der Waals surface area (Å²) in [6.45, 7) is 0. The first-order valence-electron chi connectivity index (χ1n) is 2.89. The fourth-order valence-electron chi connectivity index (χ4n) is 0.669. The highest BCUT2D eigenvalue weighted by Gasteiger charge is 1.98. The second kappa shape index (κ2) is 3.11. The summed E-state index contributed by atoms with van der Waals surface area (Å²) in [6, 6.07) is 9.17. The van der Waals surface area contributed by atoms with Crippen LogP contribution in [-0.4, -0.2) is 14.2 Å². The largest absolute Gasteiger partial charge is 0.492 e. The van der Waals surface area contributed by atoms with E-state index in [9.17, 15) is 0 Å². The molecule has 0 aromatic heterocycles. The van der Waals surface area contributed by atoms with E-state index in [0.29, 0.717) is 11.5 Å². The normalized spacial score (nSPS) is 9.00. The van der Waals surface area contributed by atoms with Crippen molar-refractivity contribution in [2.75, 3.05) is 14.2 Å². The van der Waals surface area contributed by atoms with E-state index in [1.54, 1.807) is 26.4 Å². The van der Waals surface area contributed by atoms with E-state index in [1.807, 2.05) is 0 Å². The minimum absolute atomic E-state index is 0.588. The van der Waals surface area contributed by atoms with Gasteiger partial charge in [-0.15, -0.1) is 0 Å². The van der Waals surface area contributed by atoms with Gasteiger partial charge in [-0.1, -0.05) is 0 Å². The van der Waals surface area contributed by atoms with Gasteiger partial charge in [0.2, 0.25) is 0 Å². The highest BCUT2D eigenvalue weighted by Crippen LogP contribution is 2.23. The van der Waals surface area contributed by atoms with Crippen molar-refractivity contribution in [3.63, 3.8) is 0 Å². The molecule has 0 saturated heterocycles. The summed E-state index contributed by atoms with van der Waals surface area (Å²) < 4.78 is 9.85. The molecule has 0 N–H and O–H groups in total. The smallest absolute Gasteiger partial charge is 0.169 e. The molecule has 0 aliphatic rings. The summed E-state index contributed by atoms with van der Waals surface area (Å²) in [7, 11) is 3.14. The molecule has 2 radical (unpaired) electrons. The third-order valence-electron chi connectivity index (χ3n) is 1.13. The molecule has 1 rings (SSSR count). The van der Waals surface area contributed by atoms with Gasteiger partial charge in [-0.3, -0.25) is 0 Å². The van der Waals surface area contributed by atoms with Gasteiger partial charge in [0.1, 0.15) is 0 Å². The Morgan fingerprint density at radius 1 is 1.00 bits per heavy atom. The lowest BCUT2D eigenvalue weighted by atomic mass is 10.3. The summed E-state index contributed by atoms with van der Waals surface area (Å²) in [5.74, 6) is 1.18. The van der Waals surface area contributed by atoms with Crippen molar-refractivity contribution in [2.24, 2.45) is 0 Å². The SMILES string of the molecule is COc1[c]cc[c]c1OC. The summed E-state index contributed by atoms with van der Waals surface area (Å²) in [4.78, 5) is 0. The molecule has 0 unspecified atom stereocenters. The first-order valence-corrected chi connectivity index (χ1v) is 2.89. The van der Waals surface area contributed by atoms with Crippen molar-refractivity contribution in [3.05, 3.63) is 24.3 Å². The molecule has 0 atom stereocenters. The van der Waals surface area contributed by atoms with Crippen LogP contribution in [-0.2, 0) is 0 Å². The third kappa shape index (κ3) is 1.21. The fourth-order valence-corrected chi connectivity index (χ4v) is 0.669. The average molecular weight is 136 g/mol. The monoisotopic (exact) mass is 136 g/mol. The lowest BCUT2D eigenvalue weighted by Gasteiger charge is -2.03. The molecule has 52 valence electrons. The van der Waals surface area contributed by atoms with Crippen molar-refractivity contribution in [3.8, 4) is 11.5 Å². The van der Waals surface area contributed by atoms with Gasteiger partial charge in [0.15, 0.2) is 11.5 Å². The van der Waals surface area contributed by atoms with E-state index in [0.717, 1.165) is 0 Å². The number of ether oxygens (including phenoxy) is 2. The fraction of sp³-hybridized carbons (Fsp3) is 0.250. The first-order chi connectivity index (χ1) is 4.88. The Bertz CT molecular complexity index is 185. The highest BCUT2D eigenvalue weighted by atomic mass is 16.5. The Morgan fingerprint density at radius 2 is 1.40 bits per heavy atom. The molecule has 0 amide bonds. The summed E-state index contributed by atoms with van der Waals surface area (Å²) >= 11 is 0. The second-order valence-corrected chi connectivity index (χ2v) is 1.69. The first kappa shape index (κ1) is 6.93. The van der Waals surface area contributed by atoms with E-state index in [-0.39, 0.29) is 0 Å². The molecule has 2 nitrogen and oxygen atoms in total.